The van der Waals surface area contributed by atoms with Gasteiger partial charge in [-0.05, 0) is 49.9 Å². The SMILES string of the molecule is CCC[C@H](NC(=O)O[C@@H](CCCCNC(=O)c1ccc(OC)cc1)C(=O)O)C(=O)O. The molecule has 0 fully saturated rings. The fourth-order valence-electron chi connectivity index (χ4n) is 2.59. The van der Waals surface area contributed by atoms with Gasteiger partial charge in [-0.25, -0.2) is 14.4 Å². The highest BCUT2D eigenvalue weighted by molar-refractivity contribution is 5.94. The number of amides is 2. The second-order valence-corrected chi connectivity index (χ2v) is 6.54. The first-order valence-electron chi connectivity index (χ1n) is 9.63. The molecule has 30 heavy (non-hydrogen) atoms. The summed E-state index contributed by atoms with van der Waals surface area (Å²) in [4.78, 5) is 46.2. The molecule has 1 rings (SSSR count). The van der Waals surface area contributed by atoms with Gasteiger partial charge in [0, 0.05) is 12.1 Å². The number of alkyl carbamates (subject to hydrolysis) is 1. The van der Waals surface area contributed by atoms with Crippen LogP contribution >= 0.6 is 0 Å². The molecule has 2 amide bonds. The van der Waals surface area contributed by atoms with Gasteiger partial charge in [0.2, 0.25) is 6.10 Å². The predicted molar refractivity (Wildman–Crippen MR) is 107 cm³/mol. The lowest BCUT2D eigenvalue weighted by molar-refractivity contribution is -0.147. The highest BCUT2D eigenvalue weighted by atomic mass is 16.6. The number of benzene rings is 1. The van der Waals surface area contributed by atoms with Crippen LogP contribution in [0.1, 0.15) is 49.4 Å². The van der Waals surface area contributed by atoms with Crippen LogP contribution in [0.5, 0.6) is 5.75 Å². The van der Waals surface area contributed by atoms with E-state index in [0.29, 0.717) is 37.1 Å². The average Bonchev–Trinajstić information content (AvgIpc) is 2.72. The Morgan fingerprint density at radius 2 is 1.67 bits per heavy atom. The molecule has 0 radical (unpaired) electrons. The summed E-state index contributed by atoms with van der Waals surface area (Å²) < 4.78 is 9.87. The molecule has 0 saturated carbocycles. The maximum atomic E-state index is 12.0. The third-order valence-corrected chi connectivity index (χ3v) is 4.22. The van der Waals surface area contributed by atoms with Crippen LogP contribution in [0.4, 0.5) is 4.79 Å². The minimum atomic E-state index is -1.40. The lowest BCUT2D eigenvalue weighted by Crippen LogP contribution is -2.43. The van der Waals surface area contributed by atoms with E-state index in [1.807, 2.05) is 0 Å². The molecule has 10 heteroatoms. The summed E-state index contributed by atoms with van der Waals surface area (Å²) in [6, 6.07) is 5.47. The normalized spacial score (nSPS) is 12.3. The maximum absolute atomic E-state index is 12.0. The minimum Gasteiger partial charge on any atom is -0.497 e. The molecule has 0 unspecified atom stereocenters. The fraction of sp³-hybridized carbons (Fsp3) is 0.500. The third-order valence-electron chi connectivity index (χ3n) is 4.22. The molecule has 0 aliphatic heterocycles. The molecule has 1 aromatic carbocycles. The van der Waals surface area contributed by atoms with E-state index < -0.39 is 30.2 Å². The number of carbonyl (C=O) groups excluding carboxylic acids is 2. The number of carboxylic acid groups (broad SMARTS) is 2. The molecule has 10 nitrogen and oxygen atoms in total. The lowest BCUT2D eigenvalue weighted by atomic mass is 10.1. The molecule has 166 valence electrons. The summed E-state index contributed by atoms with van der Waals surface area (Å²) in [7, 11) is 1.53. The van der Waals surface area contributed by atoms with Crippen molar-refractivity contribution in [2.45, 2.75) is 51.2 Å². The number of methoxy groups -OCH3 is 1. The molecule has 0 aromatic heterocycles. The van der Waals surface area contributed by atoms with E-state index in [-0.39, 0.29) is 18.7 Å². The zero-order valence-electron chi connectivity index (χ0n) is 17.1. The number of carboxylic acids is 2. The van der Waals surface area contributed by atoms with Gasteiger partial charge in [-0.1, -0.05) is 13.3 Å². The van der Waals surface area contributed by atoms with E-state index in [2.05, 4.69) is 10.6 Å². The topological polar surface area (TPSA) is 151 Å². The number of hydrogen-bond acceptors (Lipinski definition) is 6. The van der Waals surface area contributed by atoms with Gasteiger partial charge in [0.1, 0.15) is 11.8 Å². The zero-order chi connectivity index (χ0) is 22.5. The molecular formula is C20H28N2O8. The van der Waals surface area contributed by atoms with Crippen LogP contribution in [0.2, 0.25) is 0 Å². The standard InChI is InChI=1S/C20H28N2O8/c1-3-6-15(18(24)25)22-20(28)30-16(19(26)27)7-4-5-12-21-17(23)13-8-10-14(29-2)11-9-13/h8-11,15-16H,3-7,12H2,1-2H3,(H,21,23)(H,22,28)(H,24,25)(H,26,27)/t15-,16-/m0/s1. The maximum Gasteiger partial charge on any atom is 0.408 e. The van der Waals surface area contributed by atoms with E-state index in [1.54, 1.807) is 31.2 Å². The van der Waals surface area contributed by atoms with Crippen LogP contribution in [0.15, 0.2) is 24.3 Å². The van der Waals surface area contributed by atoms with E-state index in [9.17, 15) is 24.3 Å². The smallest absolute Gasteiger partial charge is 0.408 e. The van der Waals surface area contributed by atoms with E-state index in [4.69, 9.17) is 14.6 Å². The highest BCUT2D eigenvalue weighted by Crippen LogP contribution is 2.11. The van der Waals surface area contributed by atoms with Gasteiger partial charge in [-0.3, -0.25) is 4.79 Å². The number of ether oxygens (including phenoxy) is 2. The Morgan fingerprint density at radius 1 is 1.00 bits per heavy atom. The second kappa shape index (κ2) is 13.0. The lowest BCUT2D eigenvalue weighted by Gasteiger charge is -2.17. The van der Waals surface area contributed by atoms with Crippen LogP contribution in [0.25, 0.3) is 0 Å². The quantitative estimate of drug-likeness (QED) is 0.351. The molecule has 4 N–H and O–H groups in total. The molecule has 0 aliphatic carbocycles. The highest BCUT2D eigenvalue weighted by Gasteiger charge is 2.25. The second-order valence-electron chi connectivity index (χ2n) is 6.54. The summed E-state index contributed by atoms with van der Waals surface area (Å²) in [5, 5.41) is 23.1. The van der Waals surface area contributed by atoms with Gasteiger partial charge in [0.05, 0.1) is 7.11 Å². The fourth-order valence-corrected chi connectivity index (χ4v) is 2.59. The Hall–Kier alpha value is -3.30. The largest absolute Gasteiger partial charge is 0.497 e. The Kier molecular flexibility index (Phi) is 10.7. The van der Waals surface area contributed by atoms with Crippen molar-refractivity contribution in [1.29, 1.82) is 0 Å². The first-order chi connectivity index (χ1) is 14.3. The summed E-state index contributed by atoms with van der Waals surface area (Å²) in [6.45, 7) is 2.08. The van der Waals surface area contributed by atoms with Gasteiger partial charge in [0.25, 0.3) is 5.91 Å². The van der Waals surface area contributed by atoms with E-state index in [1.165, 1.54) is 7.11 Å². The van der Waals surface area contributed by atoms with Crippen LogP contribution in [-0.4, -0.2) is 60.0 Å². The predicted octanol–water partition coefficient (Wildman–Crippen LogP) is 2.03. The molecular weight excluding hydrogens is 396 g/mol. The Labute approximate surface area is 174 Å². The van der Waals surface area contributed by atoms with Crippen LogP contribution < -0.4 is 15.4 Å². The van der Waals surface area contributed by atoms with Crippen LogP contribution in [0, 0.1) is 0 Å². The number of hydrogen-bond donors (Lipinski definition) is 4. The van der Waals surface area contributed by atoms with Crippen molar-refractivity contribution in [2.75, 3.05) is 13.7 Å². The summed E-state index contributed by atoms with van der Waals surface area (Å²) >= 11 is 0. The van der Waals surface area contributed by atoms with E-state index >= 15 is 0 Å². The third kappa shape index (κ3) is 8.80. The molecule has 0 bridgehead atoms. The van der Waals surface area contributed by atoms with Crippen molar-refractivity contribution < 1.29 is 38.9 Å². The number of unbranched alkanes of at least 4 members (excludes halogenated alkanes) is 1. The molecule has 0 heterocycles. The number of carbonyl (C=O) groups is 4. The number of rotatable bonds is 13. The van der Waals surface area contributed by atoms with Crippen LogP contribution in [-0.2, 0) is 14.3 Å². The van der Waals surface area contributed by atoms with Crippen molar-refractivity contribution >= 4 is 23.9 Å². The molecule has 1 aromatic rings. The van der Waals surface area contributed by atoms with Gasteiger partial charge in [-0.15, -0.1) is 0 Å². The Morgan fingerprint density at radius 3 is 2.20 bits per heavy atom. The summed E-state index contributed by atoms with van der Waals surface area (Å²) in [6.07, 6.45) is -0.867. The molecule has 0 aliphatic rings. The van der Waals surface area contributed by atoms with Gasteiger partial charge in [-0.2, -0.15) is 0 Å². The van der Waals surface area contributed by atoms with Gasteiger partial charge >= 0.3 is 18.0 Å². The van der Waals surface area contributed by atoms with Crippen LogP contribution in [0.3, 0.4) is 0 Å². The number of aliphatic carboxylic acids is 2. The van der Waals surface area contributed by atoms with E-state index in [0.717, 1.165) is 0 Å². The van der Waals surface area contributed by atoms with Gasteiger partial charge in [0.15, 0.2) is 0 Å². The molecule has 0 saturated heterocycles. The van der Waals surface area contributed by atoms with Crippen molar-refractivity contribution in [3.8, 4) is 5.75 Å². The molecule has 0 spiro atoms. The van der Waals surface area contributed by atoms with Gasteiger partial charge < -0.3 is 30.3 Å². The average molecular weight is 424 g/mol. The molecule has 2 atom stereocenters. The number of nitrogens with one attached hydrogen (secondary N) is 2. The monoisotopic (exact) mass is 424 g/mol. The summed E-state index contributed by atoms with van der Waals surface area (Å²) in [5.41, 5.74) is 0.472. The van der Waals surface area contributed by atoms with Crippen molar-refractivity contribution in [3.05, 3.63) is 29.8 Å². The first-order valence-corrected chi connectivity index (χ1v) is 9.63. The minimum absolute atomic E-state index is 0.0344. The summed E-state index contributed by atoms with van der Waals surface area (Å²) in [5.74, 6) is -2.17. The van der Waals surface area contributed by atoms with Crippen molar-refractivity contribution in [2.24, 2.45) is 0 Å². The van der Waals surface area contributed by atoms with Crippen molar-refractivity contribution in [3.63, 3.8) is 0 Å². The Balaban J connectivity index is 2.38. The first kappa shape index (κ1) is 24.7. The Bertz CT molecular complexity index is 720. The zero-order valence-corrected chi connectivity index (χ0v) is 17.1. The van der Waals surface area contributed by atoms with Crippen molar-refractivity contribution in [1.82, 2.24) is 10.6 Å².